The number of halogens is 1. The van der Waals surface area contributed by atoms with Gasteiger partial charge in [-0.15, -0.1) is 12.4 Å². The maximum absolute atomic E-state index is 12.9. The summed E-state index contributed by atoms with van der Waals surface area (Å²) in [6.07, 6.45) is 6.17. The first-order valence-corrected chi connectivity index (χ1v) is 7.70. The summed E-state index contributed by atoms with van der Waals surface area (Å²) in [6.45, 7) is 3.19. The molecule has 0 radical (unpaired) electrons. The zero-order valence-corrected chi connectivity index (χ0v) is 14.0. The van der Waals surface area contributed by atoms with E-state index in [1.165, 1.54) is 0 Å². The molecule has 0 bridgehead atoms. The predicted octanol–water partition coefficient (Wildman–Crippen LogP) is 0.782. The smallest absolute Gasteiger partial charge is 0.227 e. The fourth-order valence-electron chi connectivity index (χ4n) is 3.49. The number of nitrogens with zero attached hydrogens (tertiary/aromatic N) is 3. The SMILES string of the molecule is COC1CCCN(C(=O)[C@H]2CNC[C@@H]2c2cnn(C)c2)C1.Cl. The summed E-state index contributed by atoms with van der Waals surface area (Å²) < 4.78 is 7.23. The van der Waals surface area contributed by atoms with Crippen LogP contribution in [0.1, 0.15) is 24.3 Å². The number of aryl methyl sites for hydroxylation is 1. The van der Waals surface area contributed by atoms with Crippen LogP contribution >= 0.6 is 12.4 Å². The van der Waals surface area contributed by atoms with E-state index in [1.807, 2.05) is 24.3 Å². The number of likely N-dealkylation sites (tertiary alicyclic amines) is 1. The van der Waals surface area contributed by atoms with Gasteiger partial charge < -0.3 is 15.0 Å². The Morgan fingerprint density at radius 1 is 1.45 bits per heavy atom. The third kappa shape index (κ3) is 3.45. The Bertz CT molecular complexity index is 507. The molecule has 6 nitrogen and oxygen atoms in total. The number of aromatic nitrogens is 2. The number of ether oxygens (including phenoxy) is 1. The molecule has 0 aliphatic carbocycles. The van der Waals surface area contributed by atoms with E-state index in [2.05, 4.69) is 10.4 Å². The lowest BCUT2D eigenvalue weighted by molar-refractivity contribution is -0.138. The van der Waals surface area contributed by atoms with Crippen molar-refractivity contribution in [2.24, 2.45) is 13.0 Å². The number of piperidine rings is 1. The van der Waals surface area contributed by atoms with Gasteiger partial charge in [0, 0.05) is 52.5 Å². The molecule has 3 rings (SSSR count). The quantitative estimate of drug-likeness (QED) is 0.891. The molecule has 124 valence electrons. The van der Waals surface area contributed by atoms with Gasteiger partial charge in [0.25, 0.3) is 0 Å². The molecule has 1 unspecified atom stereocenters. The van der Waals surface area contributed by atoms with Crippen molar-refractivity contribution in [2.45, 2.75) is 24.9 Å². The molecular formula is C15H25ClN4O2. The summed E-state index contributed by atoms with van der Waals surface area (Å²) in [5.41, 5.74) is 1.15. The number of carbonyl (C=O) groups excluding carboxylic acids is 1. The van der Waals surface area contributed by atoms with Crippen LogP contribution in [0.15, 0.2) is 12.4 Å². The summed E-state index contributed by atoms with van der Waals surface area (Å²) in [4.78, 5) is 14.8. The van der Waals surface area contributed by atoms with Crippen LogP contribution in [0.5, 0.6) is 0 Å². The maximum Gasteiger partial charge on any atom is 0.227 e. The second-order valence-corrected chi connectivity index (χ2v) is 6.10. The molecule has 2 aliphatic heterocycles. The Balaban J connectivity index is 0.00000176. The van der Waals surface area contributed by atoms with Crippen molar-refractivity contribution in [3.63, 3.8) is 0 Å². The molecule has 3 heterocycles. The Morgan fingerprint density at radius 3 is 2.95 bits per heavy atom. The minimum atomic E-state index is 0. The first-order chi connectivity index (χ1) is 10.2. The number of methoxy groups -OCH3 is 1. The molecule has 3 atom stereocenters. The monoisotopic (exact) mass is 328 g/mol. The van der Waals surface area contributed by atoms with E-state index in [1.54, 1.807) is 11.8 Å². The fraction of sp³-hybridized carbons (Fsp3) is 0.733. The molecule has 1 aromatic heterocycles. The van der Waals surface area contributed by atoms with E-state index in [9.17, 15) is 4.79 Å². The molecule has 22 heavy (non-hydrogen) atoms. The summed E-state index contributed by atoms with van der Waals surface area (Å²) in [7, 11) is 3.64. The van der Waals surface area contributed by atoms with E-state index < -0.39 is 0 Å². The molecule has 7 heteroatoms. The van der Waals surface area contributed by atoms with Crippen LogP contribution in [0.2, 0.25) is 0 Å². The maximum atomic E-state index is 12.9. The van der Waals surface area contributed by atoms with Crippen molar-refractivity contribution < 1.29 is 9.53 Å². The van der Waals surface area contributed by atoms with Gasteiger partial charge in [-0.2, -0.15) is 5.10 Å². The molecule has 1 aromatic rings. The molecular weight excluding hydrogens is 304 g/mol. The van der Waals surface area contributed by atoms with Gasteiger partial charge in [0.1, 0.15) is 0 Å². The van der Waals surface area contributed by atoms with Crippen LogP contribution in [0.25, 0.3) is 0 Å². The topological polar surface area (TPSA) is 59.4 Å². The van der Waals surface area contributed by atoms with E-state index in [0.717, 1.165) is 44.6 Å². The van der Waals surface area contributed by atoms with Gasteiger partial charge in [-0.25, -0.2) is 0 Å². The van der Waals surface area contributed by atoms with E-state index in [-0.39, 0.29) is 36.3 Å². The van der Waals surface area contributed by atoms with Gasteiger partial charge in [0.05, 0.1) is 18.2 Å². The molecule has 0 saturated carbocycles. The standard InChI is InChI=1S/C15H24N4O2.ClH/c1-18-9-11(6-17-18)13-7-16-8-14(13)15(20)19-5-3-4-12(10-19)21-2;/h6,9,12-14,16H,3-5,7-8,10H2,1-2H3;1H/t12?,13-,14+;/m1./s1. The zero-order valence-electron chi connectivity index (χ0n) is 13.2. The van der Waals surface area contributed by atoms with Gasteiger partial charge >= 0.3 is 0 Å². The van der Waals surface area contributed by atoms with Crippen LogP contribution in [0.4, 0.5) is 0 Å². The van der Waals surface area contributed by atoms with Crippen LogP contribution in [0.3, 0.4) is 0 Å². The highest BCUT2D eigenvalue weighted by Crippen LogP contribution is 2.30. The highest BCUT2D eigenvalue weighted by molar-refractivity contribution is 5.85. The summed E-state index contributed by atoms with van der Waals surface area (Å²) in [6, 6.07) is 0. The fourth-order valence-corrected chi connectivity index (χ4v) is 3.49. The van der Waals surface area contributed by atoms with Gasteiger partial charge in [-0.3, -0.25) is 9.48 Å². The van der Waals surface area contributed by atoms with Crippen molar-refractivity contribution in [3.05, 3.63) is 18.0 Å². The molecule has 2 aliphatic rings. The van der Waals surface area contributed by atoms with Gasteiger partial charge in [-0.1, -0.05) is 0 Å². The predicted molar refractivity (Wildman–Crippen MR) is 86.2 cm³/mol. The van der Waals surface area contributed by atoms with E-state index in [4.69, 9.17) is 4.74 Å². The molecule has 0 spiro atoms. The Morgan fingerprint density at radius 2 is 2.27 bits per heavy atom. The number of nitrogens with one attached hydrogen (secondary N) is 1. The number of hydrogen-bond acceptors (Lipinski definition) is 4. The average molecular weight is 329 g/mol. The summed E-state index contributed by atoms with van der Waals surface area (Å²) in [5.74, 6) is 0.509. The minimum absolute atomic E-state index is 0. The lowest BCUT2D eigenvalue weighted by Crippen LogP contribution is -2.46. The van der Waals surface area contributed by atoms with Gasteiger partial charge in [-0.05, 0) is 18.4 Å². The van der Waals surface area contributed by atoms with Crippen LogP contribution < -0.4 is 5.32 Å². The third-order valence-corrected chi connectivity index (χ3v) is 4.71. The first-order valence-electron chi connectivity index (χ1n) is 7.70. The lowest BCUT2D eigenvalue weighted by atomic mass is 9.89. The molecule has 1 amide bonds. The largest absolute Gasteiger partial charge is 0.380 e. The minimum Gasteiger partial charge on any atom is -0.380 e. The normalized spacial score (nSPS) is 28.5. The lowest BCUT2D eigenvalue weighted by Gasteiger charge is -2.34. The Labute approximate surface area is 137 Å². The van der Waals surface area contributed by atoms with Crippen molar-refractivity contribution in [3.8, 4) is 0 Å². The van der Waals surface area contributed by atoms with Crippen LogP contribution in [-0.4, -0.2) is 60.0 Å². The average Bonchev–Trinajstić information content (AvgIpc) is 3.15. The summed E-state index contributed by atoms with van der Waals surface area (Å²) >= 11 is 0. The number of amides is 1. The van der Waals surface area contributed by atoms with Crippen LogP contribution in [-0.2, 0) is 16.6 Å². The molecule has 0 aromatic carbocycles. The van der Waals surface area contributed by atoms with Crippen molar-refractivity contribution in [1.29, 1.82) is 0 Å². The second-order valence-electron chi connectivity index (χ2n) is 6.10. The Kier molecular flexibility index (Phi) is 5.83. The number of rotatable bonds is 3. The molecule has 1 N–H and O–H groups in total. The Hall–Kier alpha value is -1.11. The van der Waals surface area contributed by atoms with Gasteiger partial charge in [0.15, 0.2) is 0 Å². The zero-order chi connectivity index (χ0) is 14.8. The highest BCUT2D eigenvalue weighted by atomic mass is 35.5. The molecule has 2 saturated heterocycles. The van der Waals surface area contributed by atoms with E-state index >= 15 is 0 Å². The van der Waals surface area contributed by atoms with Crippen molar-refractivity contribution in [1.82, 2.24) is 20.0 Å². The number of carbonyl (C=O) groups is 1. The second kappa shape index (κ2) is 7.44. The van der Waals surface area contributed by atoms with Crippen molar-refractivity contribution in [2.75, 3.05) is 33.3 Å². The van der Waals surface area contributed by atoms with Gasteiger partial charge in [0.2, 0.25) is 5.91 Å². The summed E-state index contributed by atoms with van der Waals surface area (Å²) in [5, 5.41) is 7.60. The van der Waals surface area contributed by atoms with E-state index in [0.29, 0.717) is 0 Å². The van der Waals surface area contributed by atoms with Crippen LogP contribution in [0, 0.1) is 5.92 Å². The van der Waals surface area contributed by atoms with Crippen molar-refractivity contribution >= 4 is 18.3 Å². The number of hydrogen-bond donors (Lipinski definition) is 1. The molecule has 2 fully saturated rings. The highest BCUT2D eigenvalue weighted by Gasteiger charge is 2.38. The third-order valence-electron chi connectivity index (χ3n) is 4.71. The first kappa shape index (κ1) is 17.2.